The zero-order chi connectivity index (χ0) is 11.7. The maximum Gasteiger partial charge on any atom is 0.00867 e. The first kappa shape index (κ1) is 10.2. The molecular formula is C16H16S2. The minimum atomic E-state index is 1.32. The molecule has 0 unspecified atom stereocenters. The Hall–Kier alpha value is -0.600. The van der Waals surface area contributed by atoms with Gasteiger partial charge in [-0.2, -0.15) is 0 Å². The molecule has 3 aliphatic rings. The van der Waals surface area contributed by atoms with Crippen LogP contribution in [0.3, 0.4) is 0 Å². The van der Waals surface area contributed by atoms with Crippen LogP contribution in [0.2, 0.25) is 0 Å². The van der Waals surface area contributed by atoms with Crippen molar-refractivity contribution in [2.45, 2.75) is 51.4 Å². The van der Waals surface area contributed by atoms with E-state index in [1.54, 1.807) is 41.8 Å². The lowest BCUT2D eigenvalue weighted by molar-refractivity contribution is 0.780. The van der Waals surface area contributed by atoms with Gasteiger partial charge in [-0.25, -0.2) is 0 Å². The average Bonchev–Trinajstić information content (AvgIpc) is 2.75. The van der Waals surface area contributed by atoms with Gasteiger partial charge in [0.2, 0.25) is 0 Å². The first-order chi connectivity index (χ1) is 8.90. The largest absolute Gasteiger partial charge is 0.145 e. The van der Waals surface area contributed by atoms with Crippen molar-refractivity contribution in [2.24, 2.45) is 0 Å². The van der Waals surface area contributed by atoms with Crippen LogP contribution in [0.25, 0.3) is 0 Å². The summed E-state index contributed by atoms with van der Waals surface area (Å²) < 4.78 is 0. The lowest BCUT2D eigenvalue weighted by Crippen LogP contribution is -2.12. The van der Waals surface area contributed by atoms with Gasteiger partial charge in [-0.15, -0.1) is 22.7 Å². The molecule has 0 saturated heterocycles. The molecule has 0 fully saturated rings. The fourth-order valence-electron chi connectivity index (χ4n) is 4.14. The predicted octanol–water partition coefficient (Wildman–Crippen LogP) is 3.89. The zero-order valence-corrected chi connectivity index (χ0v) is 12.1. The van der Waals surface area contributed by atoms with Crippen molar-refractivity contribution < 1.29 is 0 Å². The Labute approximate surface area is 116 Å². The quantitative estimate of drug-likeness (QED) is 0.682. The molecule has 4 bridgehead atoms. The number of rotatable bonds is 0. The van der Waals surface area contributed by atoms with Gasteiger partial charge in [0, 0.05) is 19.5 Å². The SMILES string of the molecule is C1Cc2sc3c4c2CCc2c1sc(c2CC4)CC3. The van der Waals surface area contributed by atoms with E-state index in [1.807, 2.05) is 0 Å². The van der Waals surface area contributed by atoms with Gasteiger partial charge >= 0.3 is 0 Å². The van der Waals surface area contributed by atoms with Gasteiger partial charge in [0.05, 0.1) is 0 Å². The van der Waals surface area contributed by atoms with E-state index in [0.29, 0.717) is 0 Å². The summed E-state index contributed by atoms with van der Waals surface area (Å²) in [4.78, 5) is 6.97. The second kappa shape index (κ2) is 3.49. The van der Waals surface area contributed by atoms with Gasteiger partial charge in [0.25, 0.3) is 0 Å². The molecule has 0 aliphatic heterocycles. The highest BCUT2D eigenvalue weighted by Crippen LogP contribution is 2.43. The zero-order valence-electron chi connectivity index (χ0n) is 10.5. The molecule has 0 radical (unpaired) electrons. The summed E-state index contributed by atoms with van der Waals surface area (Å²) in [5.74, 6) is 0. The minimum Gasteiger partial charge on any atom is -0.145 e. The summed E-state index contributed by atoms with van der Waals surface area (Å²) in [6.45, 7) is 0. The molecule has 0 atom stereocenters. The fraction of sp³-hybridized carbons (Fsp3) is 0.500. The summed E-state index contributed by atoms with van der Waals surface area (Å²) in [5, 5.41) is 0. The molecule has 0 saturated carbocycles. The maximum atomic E-state index is 2.16. The van der Waals surface area contributed by atoms with Crippen molar-refractivity contribution in [2.75, 3.05) is 0 Å². The normalized spacial score (nSPS) is 19.6. The Morgan fingerprint density at radius 2 is 0.667 bits per heavy atom. The van der Waals surface area contributed by atoms with E-state index in [0.717, 1.165) is 0 Å². The predicted molar refractivity (Wildman–Crippen MR) is 78.3 cm³/mol. The van der Waals surface area contributed by atoms with Crippen LogP contribution in [0, 0.1) is 0 Å². The number of thiophene rings is 2. The van der Waals surface area contributed by atoms with E-state index in [9.17, 15) is 0 Å². The molecule has 0 N–H and O–H groups in total. The summed E-state index contributed by atoms with van der Waals surface area (Å²) in [6.07, 6.45) is 10.6. The first-order valence-corrected chi connectivity index (χ1v) is 8.78. The molecule has 18 heavy (non-hydrogen) atoms. The first-order valence-electron chi connectivity index (χ1n) is 7.14. The Balaban J connectivity index is 1.89. The van der Waals surface area contributed by atoms with E-state index >= 15 is 0 Å². The van der Waals surface area contributed by atoms with Crippen LogP contribution in [0.5, 0.6) is 0 Å². The number of hydrogen-bond donors (Lipinski definition) is 0. The fourth-order valence-corrected chi connectivity index (χ4v) is 6.95. The summed E-state index contributed by atoms with van der Waals surface area (Å²) in [7, 11) is 0. The molecule has 2 aromatic rings. The second-order valence-corrected chi connectivity index (χ2v) is 8.19. The van der Waals surface area contributed by atoms with Gasteiger partial charge in [0.15, 0.2) is 0 Å². The third-order valence-electron chi connectivity index (χ3n) is 4.98. The molecule has 0 nitrogen and oxygen atoms in total. The number of hydrogen-bond acceptors (Lipinski definition) is 2. The Morgan fingerprint density at radius 3 is 0.944 bits per heavy atom. The Morgan fingerprint density at radius 1 is 0.389 bits per heavy atom. The third kappa shape index (κ3) is 1.21. The van der Waals surface area contributed by atoms with Crippen LogP contribution in [0.1, 0.15) is 41.8 Å². The van der Waals surface area contributed by atoms with Gasteiger partial charge in [-0.1, -0.05) is 0 Å². The molecular weight excluding hydrogens is 256 g/mol. The highest BCUT2D eigenvalue weighted by molar-refractivity contribution is 7.13. The van der Waals surface area contributed by atoms with Crippen LogP contribution in [0.4, 0.5) is 0 Å². The van der Waals surface area contributed by atoms with Crippen LogP contribution >= 0.6 is 22.7 Å². The van der Waals surface area contributed by atoms with Gasteiger partial charge in [-0.3, -0.25) is 0 Å². The highest BCUT2D eigenvalue weighted by Gasteiger charge is 2.29. The topological polar surface area (TPSA) is 0 Å². The van der Waals surface area contributed by atoms with Crippen LogP contribution < -0.4 is 0 Å². The van der Waals surface area contributed by atoms with Gasteiger partial charge in [0.1, 0.15) is 0 Å². The third-order valence-corrected chi connectivity index (χ3v) is 7.76. The van der Waals surface area contributed by atoms with E-state index in [-0.39, 0.29) is 0 Å². The Bertz CT molecular complexity index is 546. The van der Waals surface area contributed by atoms with Crippen molar-refractivity contribution in [3.63, 3.8) is 0 Å². The van der Waals surface area contributed by atoms with E-state index in [2.05, 4.69) is 22.7 Å². The molecule has 5 rings (SSSR count). The van der Waals surface area contributed by atoms with Crippen molar-refractivity contribution in [1.82, 2.24) is 0 Å². The Kier molecular flexibility index (Phi) is 1.98. The van der Waals surface area contributed by atoms with Gasteiger partial charge in [-0.05, 0) is 73.6 Å². The lowest BCUT2D eigenvalue weighted by atomic mass is 9.84. The standard InChI is InChI=1S/C16H16S2/c1-2-10-12-4-3-11-9(1)13-5-6-14(10)18-16(12)8-7-15(11)17-13/h1-8H2. The van der Waals surface area contributed by atoms with Crippen LogP contribution in [0.15, 0.2) is 0 Å². The number of aryl methyl sites for hydroxylation is 4. The molecule has 2 heteroatoms. The molecule has 2 aromatic heterocycles. The van der Waals surface area contributed by atoms with Crippen molar-refractivity contribution >= 4 is 22.7 Å². The van der Waals surface area contributed by atoms with Crippen molar-refractivity contribution in [3.8, 4) is 0 Å². The molecule has 0 aromatic carbocycles. The van der Waals surface area contributed by atoms with Crippen molar-refractivity contribution in [1.29, 1.82) is 0 Å². The summed E-state index contributed by atoms with van der Waals surface area (Å²) in [6, 6.07) is 0. The van der Waals surface area contributed by atoms with E-state index in [1.165, 1.54) is 51.4 Å². The van der Waals surface area contributed by atoms with Crippen molar-refractivity contribution in [3.05, 3.63) is 41.8 Å². The maximum absolute atomic E-state index is 2.16. The summed E-state index contributed by atoms with van der Waals surface area (Å²) >= 11 is 4.32. The molecule has 0 spiro atoms. The summed E-state index contributed by atoms with van der Waals surface area (Å²) in [5.41, 5.74) is 7.11. The number of fused-ring (bicyclic) bond motifs is 2. The molecule has 2 heterocycles. The van der Waals surface area contributed by atoms with Crippen LogP contribution in [-0.4, -0.2) is 0 Å². The second-order valence-electron chi connectivity index (χ2n) is 5.81. The molecule has 92 valence electrons. The van der Waals surface area contributed by atoms with E-state index in [4.69, 9.17) is 0 Å². The van der Waals surface area contributed by atoms with Gasteiger partial charge < -0.3 is 0 Å². The smallest absolute Gasteiger partial charge is 0.00867 e. The highest BCUT2D eigenvalue weighted by atomic mass is 32.1. The molecule has 3 aliphatic carbocycles. The monoisotopic (exact) mass is 272 g/mol. The minimum absolute atomic E-state index is 1.32. The van der Waals surface area contributed by atoms with Crippen LogP contribution in [-0.2, 0) is 51.4 Å². The lowest BCUT2D eigenvalue weighted by Gasteiger charge is -2.19. The average molecular weight is 272 g/mol. The van der Waals surface area contributed by atoms with E-state index < -0.39 is 0 Å². The molecule has 0 amide bonds.